The van der Waals surface area contributed by atoms with Gasteiger partial charge in [0.1, 0.15) is 17.2 Å². The van der Waals surface area contributed by atoms with Crippen molar-refractivity contribution in [2.75, 3.05) is 11.9 Å². The maximum Gasteiger partial charge on any atom is 0.350 e. The number of aryl methyl sites for hydroxylation is 1. The van der Waals surface area contributed by atoms with Crippen molar-refractivity contribution in [1.29, 1.82) is 0 Å². The van der Waals surface area contributed by atoms with Crippen molar-refractivity contribution in [3.05, 3.63) is 63.1 Å². The Balaban J connectivity index is 1.75. The lowest BCUT2D eigenvalue weighted by Crippen LogP contribution is -2.29. The first-order valence-corrected chi connectivity index (χ1v) is 9.47. The minimum Gasteiger partial charge on any atom is -0.462 e. The first-order chi connectivity index (χ1) is 13.9. The minimum absolute atomic E-state index is 0.221. The number of thiazole rings is 1. The van der Waals surface area contributed by atoms with Gasteiger partial charge in [0.15, 0.2) is 5.13 Å². The van der Waals surface area contributed by atoms with E-state index in [9.17, 15) is 18.8 Å². The molecule has 150 valence electrons. The number of rotatable bonds is 6. The van der Waals surface area contributed by atoms with Crippen LogP contribution in [0.4, 0.5) is 9.52 Å². The SMILES string of the molecule is CCOC(=O)c1sc(NC(=O)Cn2nc(-c3ccc(F)cc3)ccc2=O)nc1C. The molecule has 0 aliphatic rings. The van der Waals surface area contributed by atoms with E-state index in [-0.39, 0.29) is 24.1 Å². The Morgan fingerprint density at radius 1 is 1.21 bits per heavy atom. The third-order valence-electron chi connectivity index (χ3n) is 3.80. The van der Waals surface area contributed by atoms with E-state index in [0.29, 0.717) is 21.8 Å². The summed E-state index contributed by atoms with van der Waals surface area (Å²) >= 11 is 0.991. The molecule has 1 amide bonds. The van der Waals surface area contributed by atoms with E-state index < -0.39 is 17.4 Å². The van der Waals surface area contributed by atoms with E-state index in [1.807, 2.05) is 0 Å². The predicted octanol–water partition coefficient (Wildman–Crippen LogP) is 2.63. The summed E-state index contributed by atoms with van der Waals surface area (Å²) in [6.45, 7) is 3.22. The maximum atomic E-state index is 13.1. The van der Waals surface area contributed by atoms with Crippen molar-refractivity contribution >= 4 is 28.3 Å². The highest BCUT2D eigenvalue weighted by molar-refractivity contribution is 7.17. The average Bonchev–Trinajstić information content (AvgIpc) is 3.04. The molecule has 0 bridgehead atoms. The fraction of sp³-hybridized carbons (Fsp3) is 0.211. The van der Waals surface area contributed by atoms with Gasteiger partial charge >= 0.3 is 5.97 Å². The number of hydrogen-bond acceptors (Lipinski definition) is 7. The van der Waals surface area contributed by atoms with Crippen LogP contribution >= 0.6 is 11.3 Å². The van der Waals surface area contributed by atoms with Crippen LogP contribution in [0.3, 0.4) is 0 Å². The quantitative estimate of drug-likeness (QED) is 0.620. The highest BCUT2D eigenvalue weighted by atomic mass is 32.1. The van der Waals surface area contributed by atoms with E-state index in [1.165, 1.54) is 36.4 Å². The molecule has 0 aliphatic heterocycles. The summed E-state index contributed by atoms with van der Waals surface area (Å²) in [4.78, 5) is 40.7. The highest BCUT2D eigenvalue weighted by Gasteiger charge is 2.18. The molecule has 0 fully saturated rings. The molecule has 1 N–H and O–H groups in total. The first-order valence-electron chi connectivity index (χ1n) is 8.66. The summed E-state index contributed by atoms with van der Waals surface area (Å²) in [7, 11) is 0. The van der Waals surface area contributed by atoms with Crippen molar-refractivity contribution in [2.45, 2.75) is 20.4 Å². The molecule has 0 unspecified atom stereocenters. The number of carbonyl (C=O) groups is 2. The van der Waals surface area contributed by atoms with Gasteiger partial charge in [-0.25, -0.2) is 18.9 Å². The topological polar surface area (TPSA) is 103 Å². The molecule has 1 aromatic carbocycles. The second-order valence-electron chi connectivity index (χ2n) is 5.92. The lowest BCUT2D eigenvalue weighted by atomic mass is 10.1. The van der Waals surface area contributed by atoms with E-state index in [4.69, 9.17) is 4.74 Å². The lowest BCUT2D eigenvalue weighted by molar-refractivity contribution is -0.117. The van der Waals surface area contributed by atoms with Crippen molar-refractivity contribution in [2.24, 2.45) is 0 Å². The van der Waals surface area contributed by atoms with Crippen LogP contribution in [0.5, 0.6) is 0 Å². The Bertz CT molecular complexity index is 1110. The van der Waals surface area contributed by atoms with Gasteiger partial charge in [0.2, 0.25) is 5.91 Å². The van der Waals surface area contributed by atoms with Gasteiger partial charge in [0.25, 0.3) is 5.56 Å². The normalized spacial score (nSPS) is 10.6. The fourth-order valence-electron chi connectivity index (χ4n) is 2.47. The van der Waals surface area contributed by atoms with Gasteiger partial charge in [-0.15, -0.1) is 0 Å². The number of hydrogen-bond donors (Lipinski definition) is 1. The molecule has 3 aromatic rings. The van der Waals surface area contributed by atoms with E-state index >= 15 is 0 Å². The number of aromatic nitrogens is 3. The van der Waals surface area contributed by atoms with Gasteiger partial charge in [0.05, 0.1) is 18.0 Å². The van der Waals surface area contributed by atoms with E-state index in [2.05, 4.69) is 15.4 Å². The van der Waals surface area contributed by atoms with Gasteiger partial charge in [-0.05, 0) is 44.2 Å². The summed E-state index contributed by atoms with van der Waals surface area (Å²) in [5.74, 6) is -1.42. The number of anilines is 1. The van der Waals surface area contributed by atoms with E-state index in [0.717, 1.165) is 16.0 Å². The standard InChI is InChI=1S/C19H17FN4O4S/c1-3-28-18(27)17-11(2)21-19(29-17)22-15(25)10-24-16(26)9-8-14(23-24)12-4-6-13(20)7-5-12/h4-9H,3,10H2,1-2H3,(H,21,22,25). The third-order valence-corrected chi connectivity index (χ3v) is 4.86. The van der Waals surface area contributed by atoms with Crippen LogP contribution in [0, 0.1) is 12.7 Å². The molecule has 0 radical (unpaired) electrons. The summed E-state index contributed by atoms with van der Waals surface area (Å²) in [6, 6.07) is 8.41. The molecule has 8 nitrogen and oxygen atoms in total. The number of nitrogens with zero attached hydrogens (tertiary/aromatic N) is 3. The summed E-state index contributed by atoms with van der Waals surface area (Å²) in [5.41, 5.74) is 1.01. The molecule has 0 atom stereocenters. The molecule has 10 heteroatoms. The third kappa shape index (κ3) is 4.91. The Kier molecular flexibility index (Phi) is 6.13. The zero-order valence-corrected chi connectivity index (χ0v) is 16.5. The number of esters is 1. The van der Waals surface area contributed by atoms with Crippen molar-refractivity contribution < 1.29 is 18.7 Å². The molecule has 0 saturated carbocycles. The molecule has 0 spiro atoms. The fourth-order valence-corrected chi connectivity index (χ4v) is 3.34. The molecule has 2 heterocycles. The second kappa shape index (κ2) is 8.74. The Morgan fingerprint density at radius 3 is 2.62 bits per heavy atom. The van der Waals surface area contributed by atoms with Crippen molar-refractivity contribution in [1.82, 2.24) is 14.8 Å². The summed E-state index contributed by atoms with van der Waals surface area (Å²) in [5, 5.41) is 6.93. The Morgan fingerprint density at radius 2 is 1.93 bits per heavy atom. The van der Waals surface area contributed by atoms with Gasteiger partial charge in [-0.2, -0.15) is 5.10 Å². The monoisotopic (exact) mass is 416 g/mol. The van der Waals surface area contributed by atoms with Crippen LogP contribution in [0.25, 0.3) is 11.3 Å². The summed E-state index contributed by atoms with van der Waals surface area (Å²) in [6.07, 6.45) is 0. The number of nitrogens with one attached hydrogen (secondary N) is 1. The first kappa shape index (κ1) is 20.3. The Hall–Kier alpha value is -3.40. The maximum absolute atomic E-state index is 13.1. The van der Waals surface area contributed by atoms with Gasteiger partial charge in [0, 0.05) is 11.6 Å². The largest absolute Gasteiger partial charge is 0.462 e. The van der Waals surface area contributed by atoms with Gasteiger partial charge in [-0.3, -0.25) is 9.59 Å². The molecule has 0 saturated heterocycles. The molecular formula is C19H17FN4O4S. The predicted molar refractivity (Wildman–Crippen MR) is 105 cm³/mol. The van der Waals surface area contributed by atoms with E-state index in [1.54, 1.807) is 13.8 Å². The number of ether oxygens (including phenoxy) is 1. The molecular weight excluding hydrogens is 399 g/mol. The van der Waals surface area contributed by atoms with Crippen molar-refractivity contribution in [3.8, 4) is 11.3 Å². The van der Waals surface area contributed by atoms with Crippen molar-refractivity contribution in [3.63, 3.8) is 0 Å². The number of carbonyl (C=O) groups excluding carboxylic acids is 2. The zero-order valence-electron chi connectivity index (χ0n) is 15.6. The zero-order chi connectivity index (χ0) is 21.0. The highest BCUT2D eigenvalue weighted by Crippen LogP contribution is 2.23. The molecule has 29 heavy (non-hydrogen) atoms. The van der Waals surface area contributed by atoms with Crippen LogP contribution in [0.2, 0.25) is 0 Å². The number of amides is 1. The lowest BCUT2D eigenvalue weighted by Gasteiger charge is -2.07. The number of benzene rings is 1. The van der Waals surface area contributed by atoms with Gasteiger partial charge < -0.3 is 10.1 Å². The van der Waals surface area contributed by atoms with Gasteiger partial charge in [-0.1, -0.05) is 11.3 Å². The van der Waals surface area contributed by atoms with Crippen LogP contribution in [-0.4, -0.2) is 33.2 Å². The van der Waals surface area contributed by atoms with Crippen LogP contribution in [0.15, 0.2) is 41.2 Å². The van der Waals surface area contributed by atoms with Crippen LogP contribution in [0.1, 0.15) is 22.3 Å². The summed E-state index contributed by atoms with van der Waals surface area (Å²) < 4.78 is 19.0. The molecule has 2 aromatic heterocycles. The molecule has 3 rings (SSSR count). The molecule has 0 aliphatic carbocycles. The minimum atomic E-state index is -0.528. The smallest absolute Gasteiger partial charge is 0.350 e. The number of halogens is 1. The second-order valence-corrected chi connectivity index (χ2v) is 6.92. The Labute approximate surface area is 169 Å². The average molecular weight is 416 g/mol. The van der Waals surface area contributed by atoms with Crippen LogP contribution in [-0.2, 0) is 16.1 Å². The van der Waals surface area contributed by atoms with Crippen LogP contribution < -0.4 is 10.9 Å².